The summed E-state index contributed by atoms with van der Waals surface area (Å²) in [6, 6.07) is 9.96. The number of hydrogen-bond donors (Lipinski definition) is 1. The van der Waals surface area contributed by atoms with Gasteiger partial charge in [-0.15, -0.1) is 0 Å². The van der Waals surface area contributed by atoms with E-state index in [1.165, 1.54) is 37.1 Å². The topological polar surface area (TPSA) is 117 Å². The number of carbonyl (C=O) groups is 1. The van der Waals surface area contributed by atoms with Gasteiger partial charge in [-0.2, -0.15) is 5.10 Å². The number of pyridine rings is 1. The zero-order valence-electron chi connectivity index (χ0n) is 15.0. The molecule has 140 valence electrons. The van der Waals surface area contributed by atoms with Crippen molar-refractivity contribution in [1.29, 1.82) is 0 Å². The van der Waals surface area contributed by atoms with Gasteiger partial charge >= 0.3 is 5.69 Å². The number of amides is 1. The average molecular weight is 377 g/mol. The Balaban J connectivity index is 1.64. The van der Waals surface area contributed by atoms with Gasteiger partial charge in [0, 0.05) is 19.8 Å². The summed E-state index contributed by atoms with van der Waals surface area (Å²) in [7, 11) is 2.90. The third-order valence-corrected chi connectivity index (χ3v) is 4.34. The van der Waals surface area contributed by atoms with E-state index < -0.39 is 17.2 Å². The third-order valence-electron chi connectivity index (χ3n) is 4.34. The number of carbonyl (C=O) groups excluding carboxylic acids is 1. The van der Waals surface area contributed by atoms with E-state index in [0.717, 1.165) is 10.3 Å². The summed E-state index contributed by atoms with van der Waals surface area (Å²) in [4.78, 5) is 44.9. The number of hydrogen-bond acceptors (Lipinski definition) is 6. The van der Waals surface area contributed by atoms with Crippen molar-refractivity contribution in [1.82, 2.24) is 28.9 Å². The number of anilines is 1. The lowest BCUT2D eigenvalue weighted by Gasteiger charge is -2.09. The molecule has 0 spiro atoms. The molecule has 4 aromatic rings. The van der Waals surface area contributed by atoms with Crippen molar-refractivity contribution < 1.29 is 4.79 Å². The molecule has 0 saturated carbocycles. The van der Waals surface area contributed by atoms with Gasteiger partial charge in [0.2, 0.25) is 0 Å². The van der Waals surface area contributed by atoms with Crippen LogP contribution in [0.15, 0.2) is 58.6 Å². The standard InChI is InChI=1S/C18H15N7O3/c1-23-15-13(17(27)24(2)18(23)28)7-8-14(22-15)16(26)21-11-3-5-12(6-4-11)25-10-19-9-20-25/h3-10H,1-2H3,(H,21,26). The van der Waals surface area contributed by atoms with Crippen molar-refractivity contribution in [3.05, 3.63) is 75.6 Å². The summed E-state index contributed by atoms with van der Waals surface area (Å²) in [6.45, 7) is 0. The van der Waals surface area contributed by atoms with Crippen molar-refractivity contribution in [2.75, 3.05) is 5.32 Å². The van der Waals surface area contributed by atoms with Gasteiger partial charge in [0.05, 0.1) is 11.1 Å². The maximum Gasteiger partial charge on any atom is 0.332 e. The summed E-state index contributed by atoms with van der Waals surface area (Å²) in [5.74, 6) is -0.455. The Morgan fingerprint density at radius 2 is 1.75 bits per heavy atom. The van der Waals surface area contributed by atoms with E-state index in [-0.39, 0.29) is 16.7 Å². The van der Waals surface area contributed by atoms with Crippen LogP contribution in [0.3, 0.4) is 0 Å². The van der Waals surface area contributed by atoms with Gasteiger partial charge in [0.25, 0.3) is 11.5 Å². The number of aromatic nitrogens is 6. The van der Waals surface area contributed by atoms with Crippen LogP contribution in [-0.2, 0) is 14.1 Å². The Kier molecular flexibility index (Phi) is 4.07. The third kappa shape index (κ3) is 2.86. The van der Waals surface area contributed by atoms with Gasteiger partial charge in [-0.3, -0.25) is 18.7 Å². The Morgan fingerprint density at radius 1 is 1.00 bits per heavy atom. The highest BCUT2D eigenvalue weighted by molar-refractivity contribution is 6.03. The van der Waals surface area contributed by atoms with Crippen molar-refractivity contribution in [2.24, 2.45) is 14.1 Å². The quantitative estimate of drug-likeness (QED) is 0.555. The van der Waals surface area contributed by atoms with Crippen LogP contribution in [-0.4, -0.2) is 34.8 Å². The van der Waals surface area contributed by atoms with Crippen molar-refractivity contribution in [3.8, 4) is 5.69 Å². The van der Waals surface area contributed by atoms with Crippen LogP contribution in [0.4, 0.5) is 5.69 Å². The Morgan fingerprint density at radius 3 is 2.43 bits per heavy atom. The first-order chi connectivity index (χ1) is 13.5. The normalized spacial score (nSPS) is 10.9. The van der Waals surface area contributed by atoms with Crippen LogP contribution in [0, 0.1) is 0 Å². The molecule has 10 heteroatoms. The maximum absolute atomic E-state index is 12.5. The summed E-state index contributed by atoms with van der Waals surface area (Å²) in [5, 5.41) is 7.04. The number of aryl methyl sites for hydroxylation is 1. The first-order valence-electron chi connectivity index (χ1n) is 8.29. The number of nitrogens with zero attached hydrogens (tertiary/aromatic N) is 6. The fourth-order valence-electron chi connectivity index (χ4n) is 2.81. The Bertz CT molecular complexity index is 1300. The minimum atomic E-state index is -0.508. The average Bonchev–Trinajstić information content (AvgIpc) is 3.25. The van der Waals surface area contributed by atoms with E-state index in [1.807, 2.05) is 0 Å². The van der Waals surface area contributed by atoms with Gasteiger partial charge in [0.15, 0.2) is 0 Å². The molecule has 0 fully saturated rings. The highest BCUT2D eigenvalue weighted by atomic mass is 16.2. The lowest BCUT2D eigenvalue weighted by Crippen LogP contribution is -2.37. The first kappa shape index (κ1) is 17.3. The van der Waals surface area contributed by atoms with Crippen molar-refractivity contribution in [3.63, 3.8) is 0 Å². The van der Waals surface area contributed by atoms with E-state index >= 15 is 0 Å². The molecule has 4 rings (SSSR count). The smallest absolute Gasteiger partial charge is 0.321 e. The lowest BCUT2D eigenvalue weighted by molar-refractivity contribution is 0.102. The van der Waals surface area contributed by atoms with Crippen LogP contribution < -0.4 is 16.6 Å². The summed E-state index contributed by atoms with van der Waals surface area (Å²) in [5.41, 5.74) is 0.643. The summed E-state index contributed by atoms with van der Waals surface area (Å²) < 4.78 is 3.83. The molecular weight excluding hydrogens is 362 g/mol. The Labute approximate surface area is 157 Å². The number of fused-ring (bicyclic) bond motifs is 1. The molecule has 0 radical (unpaired) electrons. The van der Waals surface area contributed by atoms with Crippen LogP contribution >= 0.6 is 0 Å². The second-order valence-corrected chi connectivity index (χ2v) is 6.11. The predicted molar refractivity (Wildman–Crippen MR) is 102 cm³/mol. The second-order valence-electron chi connectivity index (χ2n) is 6.11. The molecule has 0 saturated heterocycles. The molecule has 3 heterocycles. The molecule has 0 aliphatic rings. The van der Waals surface area contributed by atoms with E-state index in [1.54, 1.807) is 35.3 Å². The largest absolute Gasteiger partial charge is 0.332 e. The van der Waals surface area contributed by atoms with E-state index in [2.05, 4.69) is 20.4 Å². The number of benzene rings is 1. The summed E-state index contributed by atoms with van der Waals surface area (Å²) in [6.07, 6.45) is 3.00. The minimum Gasteiger partial charge on any atom is -0.321 e. The molecule has 3 aromatic heterocycles. The van der Waals surface area contributed by atoms with Crippen molar-refractivity contribution in [2.45, 2.75) is 0 Å². The monoisotopic (exact) mass is 377 g/mol. The zero-order chi connectivity index (χ0) is 19.8. The van der Waals surface area contributed by atoms with Gasteiger partial charge in [0.1, 0.15) is 24.0 Å². The predicted octanol–water partition coefficient (Wildman–Crippen LogP) is 0.465. The molecule has 10 nitrogen and oxygen atoms in total. The Hall–Kier alpha value is -4.08. The van der Waals surface area contributed by atoms with Crippen molar-refractivity contribution >= 4 is 22.6 Å². The van der Waals surface area contributed by atoms with Gasteiger partial charge in [-0.25, -0.2) is 19.4 Å². The van der Waals surface area contributed by atoms with E-state index in [0.29, 0.717) is 5.69 Å². The summed E-state index contributed by atoms with van der Waals surface area (Å²) >= 11 is 0. The maximum atomic E-state index is 12.5. The minimum absolute atomic E-state index is 0.0936. The molecule has 28 heavy (non-hydrogen) atoms. The second kappa shape index (κ2) is 6.58. The fraction of sp³-hybridized carbons (Fsp3) is 0.111. The highest BCUT2D eigenvalue weighted by Gasteiger charge is 2.14. The molecular formula is C18H15N7O3. The molecule has 0 aliphatic heterocycles. The molecule has 0 unspecified atom stereocenters. The zero-order valence-corrected chi connectivity index (χ0v) is 15.0. The highest BCUT2D eigenvalue weighted by Crippen LogP contribution is 2.14. The molecule has 1 amide bonds. The van der Waals surface area contributed by atoms with Crippen LogP contribution in [0.2, 0.25) is 0 Å². The number of nitrogens with one attached hydrogen (secondary N) is 1. The van der Waals surface area contributed by atoms with Gasteiger partial charge < -0.3 is 5.32 Å². The molecule has 0 aliphatic carbocycles. The molecule has 0 atom stereocenters. The van der Waals surface area contributed by atoms with Crippen LogP contribution in [0.5, 0.6) is 0 Å². The SMILES string of the molecule is Cn1c(=O)c2ccc(C(=O)Nc3ccc(-n4cncn4)cc3)nc2n(C)c1=O. The lowest BCUT2D eigenvalue weighted by atomic mass is 10.2. The fourth-order valence-corrected chi connectivity index (χ4v) is 2.81. The van der Waals surface area contributed by atoms with E-state index in [4.69, 9.17) is 0 Å². The number of rotatable bonds is 3. The molecule has 0 bridgehead atoms. The molecule has 1 N–H and O–H groups in total. The van der Waals surface area contributed by atoms with E-state index in [9.17, 15) is 14.4 Å². The van der Waals surface area contributed by atoms with Gasteiger partial charge in [-0.1, -0.05) is 0 Å². The van der Waals surface area contributed by atoms with Crippen LogP contribution in [0.1, 0.15) is 10.5 Å². The first-order valence-corrected chi connectivity index (χ1v) is 8.29. The van der Waals surface area contributed by atoms with Gasteiger partial charge in [-0.05, 0) is 36.4 Å². The van der Waals surface area contributed by atoms with Crippen LogP contribution in [0.25, 0.3) is 16.7 Å². The molecule has 1 aromatic carbocycles.